The molecule has 212 valence electrons. The summed E-state index contributed by atoms with van der Waals surface area (Å²) in [5.74, 6) is -0.301. The summed E-state index contributed by atoms with van der Waals surface area (Å²) in [6.07, 6.45) is 0.0463. The van der Waals surface area contributed by atoms with Gasteiger partial charge in [0.25, 0.3) is 5.91 Å². The quantitative estimate of drug-likeness (QED) is 0.0813. The lowest BCUT2D eigenvalue weighted by molar-refractivity contribution is -0.270. The first-order valence-corrected chi connectivity index (χ1v) is 12.5. The van der Waals surface area contributed by atoms with Crippen molar-refractivity contribution in [2.24, 2.45) is 5.10 Å². The average molecular weight is 539 g/mol. The van der Waals surface area contributed by atoms with Gasteiger partial charge in [-0.2, -0.15) is 5.10 Å². The molecule has 1 aliphatic rings. The van der Waals surface area contributed by atoms with Gasteiger partial charge in [-0.3, -0.25) is 19.8 Å². The van der Waals surface area contributed by atoms with Crippen LogP contribution in [0.1, 0.15) is 49.9 Å². The Hall–Kier alpha value is -3.17. The zero-order valence-electron chi connectivity index (χ0n) is 21.6. The molecule has 14 heteroatoms. The SMILES string of the molecule is CC=NNc1ccc(C(=O)NCCCNC(=O)CCCCOC2OC(CO)C(O)C(O)C2NC(C)=O)cn1. The van der Waals surface area contributed by atoms with Gasteiger partial charge in [-0.25, -0.2) is 4.98 Å². The molecule has 0 aliphatic carbocycles. The summed E-state index contributed by atoms with van der Waals surface area (Å²) in [6.45, 7) is 3.48. The zero-order chi connectivity index (χ0) is 27.9. The van der Waals surface area contributed by atoms with E-state index in [0.717, 1.165) is 0 Å². The van der Waals surface area contributed by atoms with E-state index in [2.05, 4.69) is 31.5 Å². The molecule has 1 aromatic heterocycles. The second-order valence-corrected chi connectivity index (χ2v) is 8.65. The molecule has 0 aromatic carbocycles. The molecule has 3 amide bonds. The number of ether oxygens (including phenoxy) is 2. The van der Waals surface area contributed by atoms with Crippen molar-refractivity contribution in [3.8, 4) is 0 Å². The molecule has 5 unspecified atom stereocenters. The topological polar surface area (TPSA) is 204 Å². The third kappa shape index (κ3) is 10.3. The van der Waals surface area contributed by atoms with Crippen LogP contribution in [-0.4, -0.2) is 101 Å². The number of hydrazone groups is 1. The Morgan fingerprint density at radius 3 is 2.55 bits per heavy atom. The predicted octanol–water partition coefficient (Wildman–Crippen LogP) is -1.13. The summed E-state index contributed by atoms with van der Waals surface area (Å²) >= 11 is 0. The molecule has 0 bridgehead atoms. The predicted molar refractivity (Wildman–Crippen MR) is 137 cm³/mol. The number of nitrogens with one attached hydrogen (secondary N) is 4. The number of anilines is 1. The van der Waals surface area contributed by atoms with Crippen molar-refractivity contribution in [1.29, 1.82) is 0 Å². The van der Waals surface area contributed by atoms with Crippen LogP contribution in [0.4, 0.5) is 5.82 Å². The third-order valence-corrected chi connectivity index (χ3v) is 5.63. The average Bonchev–Trinajstić information content (AvgIpc) is 2.90. The van der Waals surface area contributed by atoms with E-state index in [9.17, 15) is 29.7 Å². The van der Waals surface area contributed by atoms with E-state index in [0.29, 0.717) is 43.7 Å². The summed E-state index contributed by atoms with van der Waals surface area (Å²) < 4.78 is 11.1. The number of amides is 3. The normalized spacial score (nSPS) is 23.1. The summed E-state index contributed by atoms with van der Waals surface area (Å²) in [5, 5.41) is 41.5. The Bertz CT molecular complexity index is 916. The number of rotatable bonds is 15. The van der Waals surface area contributed by atoms with Crippen LogP contribution in [0.3, 0.4) is 0 Å². The van der Waals surface area contributed by atoms with Gasteiger partial charge < -0.3 is 40.7 Å². The van der Waals surface area contributed by atoms with Crippen molar-refractivity contribution in [2.75, 3.05) is 31.7 Å². The van der Waals surface area contributed by atoms with Gasteiger partial charge in [0.05, 0.1) is 12.2 Å². The second-order valence-electron chi connectivity index (χ2n) is 8.65. The molecule has 7 N–H and O–H groups in total. The molecule has 38 heavy (non-hydrogen) atoms. The molecule has 14 nitrogen and oxygen atoms in total. The van der Waals surface area contributed by atoms with Gasteiger partial charge >= 0.3 is 0 Å². The highest BCUT2D eigenvalue weighted by atomic mass is 16.7. The minimum Gasteiger partial charge on any atom is -0.394 e. The molecule has 2 heterocycles. The van der Waals surface area contributed by atoms with E-state index < -0.39 is 43.2 Å². The van der Waals surface area contributed by atoms with Crippen molar-refractivity contribution < 1.29 is 39.2 Å². The van der Waals surface area contributed by atoms with Gasteiger partial charge in [0, 0.05) is 45.5 Å². The highest BCUT2D eigenvalue weighted by molar-refractivity contribution is 5.94. The van der Waals surface area contributed by atoms with Gasteiger partial charge in [0.1, 0.15) is 30.2 Å². The zero-order valence-corrected chi connectivity index (χ0v) is 21.6. The number of carbonyl (C=O) groups is 3. The van der Waals surface area contributed by atoms with E-state index >= 15 is 0 Å². The lowest BCUT2D eigenvalue weighted by Gasteiger charge is -2.42. The van der Waals surface area contributed by atoms with Crippen molar-refractivity contribution in [3.05, 3.63) is 23.9 Å². The second kappa shape index (κ2) is 16.6. The number of nitrogens with zero attached hydrogens (tertiary/aromatic N) is 2. The van der Waals surface area contributed by atoms with Gasteiger partial charge in [0.15, 0.2) is 6.29 Å². The maximum absolute atomic E-state index is 12.2. The lowest BCUT2D eigenvalue weighted by Crippen LogP contribution is -2.64. The molecule has 1 aromatic rings. The van der Waals surface area contributed by atoms with Gasteiger partial charge in [0.2, 0.25) is 11.8 Å². The number of carbonyl (C=O) groups excluding carboxylic acids is 3. The van der Waals surface area contributed by atoms with E-state index in [1.54, 1.807) is 25.3 Å². The third-order valence-electron chi connectivity index (χ3n) is 5.63. The first kappa shape index (κ1) is 31.1. The van der Waals surface area contributed by atoms with Gasteiger partial charge in [-0.1, -0.05) is 0 Å². The number of unbranched alkanes of at least 4 members (excludes halogenated alkanes) is 1. The fourth-order valence-corrected chi connectivity index (χ4v) is 3.63. The molecule has 0 saturated carbocycles. The van der Waals surface area contributed by atoms with Crippen LogP contribution in [0, 0.1) is 0 Å². The maximum atomic E-state index is 12.2. The molecule has 0 radical (unpaired) electrons. The molecule has 2 rings (SSSR count). The molecule has 1 aliphatic heterocycles. The fraction of sp³-hybridized carbons (Fsp3) is 0.625. The van der Waals surface area contributed by atoms with Crippen LogP contribution in [-0.2, 0) is 19.1 Å². The summed E-state index contributed by atoms with van der Waals surface area (Å²) in [5.41, 5.74) is 3.13. The number of hydrogen-bond acceptors (Lipinski definition) is 11. The van der Waals surface area contributed by atoms with Gasteiger partial charge in [-0.05, 0) is 38.3 Å². The highest BCUT2D eigenvalue weighted by Gasteiger charge is 2.45. The van der Waals surface area contributed by atoms with Crippen molar-refractivity contribution in [3.63, 3.8) is 0 Å². The summed E-state index contributed by atoms with van der Waals surface area (Å²) in [4.78, 5) is 39.7. The van der Waals surface area contributed by atoms with E-state index in [4.69, 9.17) is 9.47 Å². The van der Waals surface area contributed by atoms with Crippen LogP contribution in [0.5, 0.6) is 0 Å². The molecule has 5 atom stereocenters. The van der Waals surface area contributed by atoms with Gasteiger partial charge in [-0.15, -0.1) is 0 Å². The van der Waals surface area contributed by atoms with E-state index in [-0.39, 0.29) is 24.8 Å². The van der Waals surface area contributed by atoms with E-state index in [1.165, 1.54) is 13.1 Å². The largest absolute Gasteiger partial charge is 0.394 e. The van der Waals surface area contributed by atoms with E-state index in [1.807, 2.05) is 0 Å². The maximum Gasteiger partial charge on any atom is 0.252 e. The molecular formula is C24H38N6O8. The fourth-order valence-electron chi connectivity index (χ4n) is 3.63. The highest BCUT2D eigenvalue weighted by Crippen LogP contribution is 2.22. The standard InChI is InChI=1S/C24H38N6O8/c1-3-28-30-18-9-8-16(13-27-18)23(36)26-11-6-10-25-19(33)7-4-5-12-37-24-20(29-15(2)32)22(35)21(34)17(14-31)38-24/h3,8-9,13,17,20-22,24,31,34-35H,4-7,10-12,14H2,1-2H3,(H,25,33)(H,26,36)(H,27,30)(H,29,32). The minimum atomic E-state index is -1.37. The monoisotopic (exact) mass is 538 g/mol. The van der Waals surface area contributed by atoms with Crippen molar-refractivity contribution in [1.82, 2.24) is 20.9 Å². The number of aliphatic hydroxyl groups is 3. The smallest absolute Gasteiger partial charge is 0.252 e. The minimum absolute atomic E-state index is 0.137. The number of hydrogen-bond donors (Lipinski definition) is 7. The Balaban J connectivity index is 1.59. The molecular weight excluding hydrogens is 500 g/mol. The molecule has 1 saturated heterocycles. The summed E-state index contributed by atoms with van der Waals surface area (Å²) in [7, 11) is 0. The Kier molecular flexibility index (Phi) is 13.6. The first-order valence-electron chi connectivity index (χ1n) is 12.5. The van der Waals surface area contributed by atoms with Crippen LogP contribution < -0.4 is 21.4 Å². The Morgan fingerprint density at radius 1 is 1.13 bits per heavy atom. The van der Waals surface area contributed by atoms with Crippen LogP contribution in [0.15, 0.2) is 23.4 Å². The van der Waals surface area contributed by atoms with Crippen LogP contribution in [0.25, 0.3) is 0 Å². The summed E-state index contributed by atoms with van der Waals surface area (Å²) in [6, 6.07) is 2.29. The first-order chi connectivity index (χ1) is 18.3. The molecule has 1 fully saturated rings. The number of pyridine rings is 1. The number of aliphatic hydroxyl groups excluding tert-OH is 3. The van der Waals surface area contributed by atoms with Crippen LogP contribution in [0.2, 0.25) is 0 Å². The Morgan fingerprint density at radius 2 is 1.89 bits per heavy atom. The van der Waals surface area contributed by atoms with Crippen molar-refractivity contribution in [2.45, 2.75) is 70.2 Å². The van der Waals surface area contributed by atoms with Crippen molar-refractivity contribution >= 4 is 29.8 Å². The van der Waals surface area contributed by atoms with Crippen LogP contribution >= 0.6 is 0 Å². The number of aromatic nitrogens is 1. The lowest BCUT2D eigenvalue weighted by atomic mass is 9.97. The Labute approximate surface area is 221 Å². The molecule has 0 spiro atoms.